The van der Waals surface area contributed by atoms with Gasteiger partial charge in [0.25, 0.3) is 0 Å². The van der Waals surface area contributed by atoms with Gasteiger partial charge in [0.05, 0.1) is 6.10 Å². The molecule has 0 aliphatic carbocycles. The molecule has 7 nitrogen and oxygen atoms in total. The second-order valence-corrected chi connectivity index (χ2v) is 4.79. The Morgan fingerprint density at radius 3 is 2.67 bits per heavy atom. The summed E-state index contributed by atoms with van der Waals surface area (Å²) >= 11 is 5.83. The molecule has 0 saturated heterocycles. The highest BCUT2D eigenvalue weighted by molar-refractivity contribution is 6.28. The van der Waals surface area contributed by atoms with Gasteiger partial charge in [-0.05, 0) is 37.6 Å². The number of rotatable bonds is 4. The van der Waals surface area contributed by atoms with Crippen molar-refractivity contribution in [1.29, 1.82) is 0 Å². The van der Waals surface area contributed by atoms with E-state index in [9.17, 15) is 0 Å². The molecule has 21 heavy (non-hydrogen) atoms. The fourth-order valence-corrected chi connectivity index (χ4v) is 1.81. The van der Waals surface area contributed by atoms with Crippen LogP contribution in [0.5, 0.6) is 29.3 Å². The summed E-state index contributed by atoms with van der Waals surface area (Å²) in [5.74, 6) is 1.77. The van der Waals surface area contributed by atoms with Crippen molar-refractivity contribution < 1.29 is 18.9 Å². The van der Waals surface area contributed by atoms with Gasteiger partial charge in [0.2, 0.25) is 12.1 Å². The van der Waals surface area contributed by atoms with E-state index < -0.39 is 0 Å². The minimum Gasteiger partial charge on any atom is -0.461 e. The molecule has 8 heteroatoms. The minimum absolute atomic E-state index is 0.00334. The van der Waals surface area contributed by atoms with Crippen molar-refractivity contribution in [1.82, 2.24) is 15.0 Å². The van der Waals surface area contributed by atoms with Gasteiger partial charge in [0.15, 0.2) is 11.5 Å². The van der Waals surface area contributed by atoms with E-state index >= 15 is 0 Å². The lowest BCUT2D eigenvalue weighted by Crippen LogP contribution is -2.09. The van der Waals surface area contributed by atoms with Crippen molar-refractivity contribution in [2.45, 2.75) is 20.0 Å². The average molecular weight is 310 g/mol. The van der Waals surface area contributed by atoms with E-state index in [0.717, 1.165) is 0 Å². The molecule has 0 N–H and O–H groups in total. The molecule has 110 valence electrons. The number of fused-ring (bicyclic) bond motifs is 1. The average Bonchev–Trinajstić information content (AvgIpc) is 2.84. The Kier molecular flexibility index (Phi) is 3.66. The first-order valence-corrected chi connectivity index (χ1v) is 6.63. The summed E-state index contributed by atoms with van der Waals surface area (Å²) in [7, 11) is 0. The molecule has 0 amide bonds. The summed E-state index contributed by atoms with van der Waals surface area (Å²) in [6.45, 7) is 3.91. The Hall–Kier alpha value is -2.28. The molecule has 0 radical (unpaired) electrons. The predicted molar refractivity (Wildman–Crippen MR) is 73.2 cm³/mol. The maximum atomic E-state index is 5.83. The van der Waals surface area contributed by atoms with E-state index in [4.69, 9.17) is 30.5 Å². The van der Waals surface area contributed by atoms with Crippen molar-refractivity contribution in [2.24, 2.45) is 0 Å². The third-order valence-electron chi connectivity index (χ3n) is 2.46. The third-order valence-corrected chi connectivity index (χ3v) is 2.63. The fraction of sp³-hybridized carbons (Fsp3) is 0.308. The number of benzene rings is 1. The molecule has 0 atom stereocenters. The Bertz CT molecular complexity index is 666. The van der Waals surface area contributed by atoms with Crippen molar-refractivity contribution in [2.75, 3.05) is 6.79 Å². The third kappa shape index (κ3) is 3.25. The van der Waals surface area contributed by atoms with Crippen molar-refractivity contribution in [3.05, 3.63) is 23.5 Å². The van der Waals surface area contributed by atoms with Crippen LogP contribution in [0.15, 0.2) is 18.2 Å². The molecule has 1 aromatic carbocycles. The maximum Gasteiger partial charge on any atom is 0.329 e. The highest BCUT2D eigenvalue weighted by Crippen LogP contribution is 2.36. The Morgan fingerprint density at radius 2 is 1.86 bits per heavy atom. The molecule has 0 fully saturated rings. The van der Waals surface area contributed by atoms with E-state index in [1.807, 2.05) is 13.8 Å². The first-order chi connectivity index (χ1) is 10.1. The second-order valence-electron chi connectivity index (χ2n) is 4.45. The topological polar surface area (TPSA) is 75.6 Å². The summed E-state index contributed by atoms with van der Waals surface area (Å²) in [6, 6.07) is 5.30. The van der Waals surface area contributed by atoms with Crippen LogP contribution in [0.2, 0.25) is 5.28 Å². The summed E-state index contributed by atoms with van der Waals surface area (Å²) in [5.41, 5.74) is 0. The van der Waals surface area contributed by atoms with Gasteiger partial charge in [0, 0.05) is 6.07 Å². The van der Waals surface area contributed by atoms with E-state index in [-0.39, 0.29) is 30.2 Å². The van der Waals surface area contributed by atoms with E-state index in [2.05, 4.69) is 15.0 Å². The second kappa shape index (κ2) is 5.61. The summed E-state index contributed by atoms with van der Waals surface area (Å²) < 4.78 is 21.4. The SMILES string of the molecule is CC(C)Oc1nc(Cl)nc(Oc2ccc3c(c2)OCO3)n1. The van der Waals surface area contributed by atoms with Crippen LogP contribution in [0.25, 0.3) is 0 Å². The van der Waals surface area contributed by atoms with Crippen LogP contribution in [-0.4, -0.2) is 27.8 Å². The first kappa shape index (κ1) is 13.7. The van der Waals surface area contributed by atoms with Gasteiger partial charge >= 0.3 is 12.0 Å². The Labute approximate surface area is 125 Å². The highest BCUT2D eigenvalue weighted by Gasteiger charge is 2.15. The van der Waals surface area contributed by atoms with Crippen LogP contribution in [-0.2, 0) is 0 Å². The first-order valence-electron chi connectivity index (χ1n) is 6.26. The smallest absolute Gasteiger partial charge is 0.329 e. The lowest BCUT2D eigenvalue weighted by Gasteiger charge is -2.09. The van der Waals surface area contributed by atoms with Crippen LogP contribution < -0.4 is 18.9 Å². The number of aromatic nitrogens is 3. The monoisotopic (exact) mass is 309 g/mol. The van der Waals surface area contributed by atoms with Crippen LogP contribution in [0, 0.1) is 0 Å². The van der Waals surface area contributed by atoms with E-state index in [1.165, 1.54) is 0 Å². The van der Waals surface area contributed by atoms with Crippen LogP contribution in [0.1, 0.15) is 13.8 Å². The van der Waals surface area contributed by atoms with Gasteiger partial charge in [-0.2, -0.15) is 9.97 Å². The summed E-state index contributed by atoms with van der Waals surface area (Å²) in [6.07, 6.45) is -0.0816. The largest absolute Gasteiger partial charge is 0.461 e. The molecule has 3 rings (SSSR count). The van der Waals surface area contributed by atoms with Crippen molar-refractivity contribution >= 4 is 11.6 Å². The molecule has 0 bridgehead atoms. The molecule has 0 unspecified atom stereocenters. The van der Waals surface area contributed by atoms with E-state index in [1.54, 1.807) is 18.2 Å². The Balaban J connectivity index is 1.82. The molecule has 0 spiro atoms. The molecule has 1 aliphatic heterocycles. The van der Waals surface area contributed by atoms with Crippen LogP contribution >= 0.6 is 11.6 Å². The number of halogens is 1. The van der Waals surface area contributed by atoms with E-state index in [0.29, 0.717) is 17.2 Å². The highest BCUT2D eigenvalue weighted by atomic mass is 35.5. The number of hydrogen-bond acceptors (Lipinski definition) is 7. The molecule has 2 aromatic rings. The maximum absolute atomic E-state index is 5.83. The van der Waals surface area contributed by atoms with Crippen LogP contribution in [0.4, 0.5) is 0 Å². The number of hydrogen-bond donors (Lipinski definition) is 0. The molecule has 1 aliphatic rings. The summed E-state index contributed by atoms with van der Waals surface area (Å²) in [4.78, 5) is 11.8. The quantitative estimate of drug-likeness (QED) is 0.859. The molecule has 1 aromatic heterocycles. The lowest BCUT2D eigenvalue weighted by molar-refractivity contribution is 0.174. The van der Waals surface area contributed by atoms with Crippen LogP contribution in [0.3, 0.4) is 0 Å². The van der Waals surface area contributed by atoms with Gasteiger partial charge in [-0.15, -0.1) is 4.98 Å². The number of ether oxygens (including phenoxy) is 4. The zero-order chi connectivity index (χ0) is 14.8. The molecule has 2 heterocycles. The van der Waals surface area contributed by atoms with Gasteiger partial charge < -0.3 is 18.9 Å². The molecular weight excluding hydrogens is 298 g/mol. The Morgan fingerprint density at radius 1 is 1.10 bits per heavy atom. The van der Waals surface area contributed by atoms with Gasteiger partial charge in [-0.1, -0.05) is 0 Å². The van der Waals surface area contributed by atoms with Gasteiger partial charge in [-0.25, -0.2) is 0 Å². The van der Waals surface area contributed by atoms with Crippen molar-refractivity contribution in [3.63, 3.8) is 0 Å². The fourth-order valence-electron chi connectivity index (χ4n) is 1.67. The minimum atomic E-state index is -0.0816. The molecule has 0 saturated carbocycles. The number of nitrogens with zero attached hydrogens (tertiary/aromatic N) is 3. The predicted octanol–water partition coefficient (Wildman–Crippen LogP) is 2.83. The molecular formula is C13H12ClN3O4. The summed E-state index contributed by atoms with van der Waals surface area (Å²) in [5, 5.41) is -0.00334. The standard InChI is InChI=1S/C13H12ClN3O4/c1-7(2)20-12-15-11(14)16-13(17-12)21-8-3-4-9-10(5-8)19-6-18-9/h3-5,7H,6H2,1-2H3. The zero-order valence-electron chi connectivity index (χ0n) is 11.4. The zero-order valence-corrected chi connectivity index (χ0v) is 12.1. The normalized spacial score (nSPS) is 12.6. The lowest BCUT2D eigenvalue weighted by atomic mass is 10.3. The van der Waals surface area contributed by atoms with Crippen molar-refractivity contribution in [3.8, 4) is 29.3 Å². The van der Waals surface area contributed by atoms with Gasteiger partial charge in [-0.3, -0.25) is 0 Å². The van der Waals surface area contributed by atoms with Gasteiger partial charge in [0.1, 0.15) is 5.75 Å².